The third kappa shape index (κ3) is 62.0. The fourth-order valence-electron chi connectivity index (χ4n) is 8.25. The number of hydrogen-bond donors (Lipinski definition) is 0. The molecule has 0 saturated heterocycles. The van der Waals surface area contributed by atoms with Crippen LogP contribution in [0.3, 0.4) is 0 Å². The second-order valence-corrected chi connectivity index (χ2v) is 20.2. The molecule has 0 aromatic heterocycles. The van der Waals surface area contributed by atoms with E-state index in [2.05, 4.69) is 167 Å². The molecule has 0 aliphatic heterocycles. The van der Waals surface area contributed by atoms with Crippen molar-refractivity contribution < 1.29 is 28.6 Å². The van der Waals surface area contributed by atoms with E-state index >= 15 is 0 Å². The number of carbonyl (C=O) groups excluding carboxylic acids is 3. The summed E-state index contributed by atoms with van der Waals surface area (Å²) in [6.45, 7) is 6.24. The minimum Gasteiger partial charge on any atom is -0.462 e. The first kappa shape index (κ1) is 72.3. The molecule has 1 unspecified atom stereocenters. The third-order valence-corrected chi connectivity index (χ3v) is 12.8. The van der Waals surface area contributed by atoms with Gasteiger partial charge in [-0.3, -0.25) is 14.4 Å². The van der Waals surface area contributed by atoms with Gasteiger partial charge in [-0.05, 0) is 128 Å². The van der Waals surface area contributed by atoms with Crippen molar-refractivity contribution in [2.24, 2.45) is 0 Å². The van der Waals surface area contributed by atoms with Crippen LogP contribution < -0.4 is 0 Å². The summed E-state index contributed by atoms with van der Waals surface area (Å²) in [6.07, 6.45) is 91.5. The molecule has 0 rings (SSSR count). The summed E-state index contributed by atoms with van der Waals surface area (Å²) in [4.78, 5) is 38.3. The van der Waals surface area contributed by atoms with Gasteiger partial charge in [-0.15, -0.1) is 0 Å². The monoisotopic (exact) mass is 1060 g/mol. The maximum Gasteiger partial charge on any atom is 0.306 e. The van der Waals surface area contributed by atoms with Gasteiger partial charge in [0, 0.05) is 19.3 Å². The summed E-state index contributed by atoms with van der Waals surface area (Å²) in [5.74, 6) is -0.989. The molecule has 0 aromatic rings. The van der Waals surface area contributed by atoms with Crippen LogP contribution >= 0.6 is 0 Å². The highest BCUT2D eigenvalue weighted by Crippen LogP contribution is 2.15. The average Bonchev–Trinajstić information content (AvgIpc) is 3.43. The van der Waals surface area contributed by atoms with Gasteiger partial charge in [0.1, 0.15) is 13.2 Å². The van der Waals surface area contributed by atoms with Gasteiger partial charge < -0.3 is 14.2 Å². The highest BCUT2D eigenvalue weighted by molar-refractivity contribution is 5.71. The van der Waals surface area contributed by atoms with Gasteiger partial charge in [-0.1, -0.05) is 263 Å². The van der Waals surface area contributed by atoms with Crippen molar-refractivity contribution >= 4 is 17.9 Å². The lowest BCUT2D eigenvalue weighted by Crippen LogP contribution is -2.30. The van der Waals surface area contributed by atoms with Crippen molar-refractivity contribution in [3.8, 4) is 0 Å². The van der Waals surface area contributed by atoms with Crippen molar-refractivity contribution in [2.45, 2.75) is 271 Å². The smallest absolute Gasteiger partial charge is 0.306 e. The Morgan fingerprint density at radius 2 is 0.481 bits per heavy atom. The van der Waals surface area contributed by atoms with Crippen LogP contribution in [-0.2, 0) is 28.6 Å². The Hall–Kier alpha value is -4.71. The van der Waals surface area contributed by atoms with Gasteiger partial charge in [0.15, 0.2) is 6.10 Å². The molecule has 0 aliphatic carbocycles. The zero-order chi connectivity index (χ0) is 55.7. The maximum absolute atomic E-state index is 12.9. The van der Waals surface area contributed by atoms with E-state index in [-0.39, 0.29) is 37.5 Å². The van der Waals surface area contributed by atoms with Gasteiger partial charge in [0.25, 0.3) is 0 Å². The van der Waals surface area contributed by atoms with E-state index < -0.39 is 6.10 Å². The van der Waals surface area contributed by atoms with E-state index in [9.17, 15) is 14.4 Å². The van der Waals surface area contributed by atoms with Crippen LogP contribution in [0.1, 0.15) is 265 Å². The molecule has 0 fully saturated rings. The normalized spacial score (nSPS) is 13.1. The van der Waals surface area contributed by atoms with Gasteiger partial charge in [-0.2, -0.15) is 0 Å². The minimum atomic E-state index is -0.822. The fourth-order valence-corrected chi connectivity index (χ4v) is 8.25. The van der Waals surface area contributed by atoms with Crippen molar-refractivity contribution in [1.29, 1.82) is 0 Å². The summed E-state index contributed by atoms with van der Waals surface area (Å²) in [5, 5.41) is 0. The number of hydrogen-bond acceptors (Lipinski definition) is 6. The topological polar surface area (TPSA) is 78.9 Å². The van der Waals surface area contributed by atoms with E-state index in [4.69, 9.17) is 14.2 Å². The van der Waals surface area contributed by atoms with Crippen molar-refractivity contribution in [3.05, 3.63) is 146 Å². The first-order valence-corrected chi connectivity index (χ1v) is 31.3. The first-order valence-electron chi connectivity index (χ1n) is 31.3. The highest BCUT2D eigenvalue weighted by Gasteiger charge is 2.19. The van der Waals surface area contributed by atoms with Gasteiger partial charge in [0.05, 0.1) is 0 Å². The van der Waals surface area contributed by atoms with Crippen LogP contribution in [0.5, 0.6) is 0 Å². The molecular formula is C71H114O6. The Morgan fingerprint density at radius 3 is 0.766 bits per heavy atom. The summed E-state index contributed by atoms with van der Waals surface area (Å²) in [5.41, 5.74) is 0. The zero-order valence-corrected chi connectivity index (χ0v) is 49.7. The number of carbonyl (C=O) groups is 3. The highest BCUT2D eigenvalue weighted by atomic mass is 16.6. The molecule has 0 aromatic carbocycles. The molecule has 0 aliphatic rings. The standard InChI is InChI=1S/C71H114O6/c1-4-7-10-13-16-19-22-25-28-30-31-32-33-34-35-36-37-38-39-41-43-46-49-52-55-58-61-64-70(73)76-67-68(66-75-69(72)63-60-57-54-51-48-45-42-27-24-21-18-15-12-9-6-3)77-71(74)65-62-59-56-53-50-47-44-40-29-26-23-20-17-14-11-8-5-2/h7-12,16-21,25-29,31-32,42,44,47,53,56,68H,4-6,13-15,22-24,30,33-41,43,45-46,48-52,54-55,57-67H2,1-3H3/b10-7-,11-8-,12-9-,19-16-,20-17-,21-18-,28-25-,29-26-,32-31-,42-27-,47-44-,56-53-. The van der Waals surface area contributed by atoms with Gasteiger partial charge >= 0.3 is 17.9 Å². The molecular weight excluding hydrogens is 949 g/mol. The molecule has 0 N–H and O–H groups in total. The zero-order valence-electron chi connectivity index (χ0n) is 49.7. The van der Waals surface area contributed by atoms with Crippen LogP contribution in [0.2, 0.25) is 0 Å². The summed E-state index contributed by atoms with van der Waals surface area (Å²) < 4.78 is 16.8. The Labute approximate surface area is 474 Å². The van der Waals surface area contributed by atoms with E-state index in [1.165, 1.54) is 77.0 Å². The molecule has 0 spiro atoms. The predicted octanol–water partition coefficient (Wildman–Crippen LogP) is 21.5. The Morgan fingerprint density at radius 1 is 0.260 bits per heavy atom. The minimum absolute atomic E-state index is 0.111. The van der Waals surface area contributed by atoms with E-state index in [0.29, 0.717) is 19.3 Å². The quantitative estimate of drug-likeness (QED) is 0.0261. The number of allylic oxidation sites excluding steroid dienone is 24. The molecule has 6 heteroatoms. The van der Waals surface area contributed by atoms with Crippen LogP contribution in [0, 0.1) is 0 Å². The van der Waals surface area contributed by atoms with E-state index in [0.717, 1.165) is 141 Å². The number of ether oxygens (including phenoxy) is 3. The van der Waals surface area contributed by atoms with Crippen LogP contribution in [0.25, 0.3) is 0 Å². The van der Waals surface area contributed by atoms with Gasteiger partial charge in [0.2, 0.25) is 0 Å². The first-order chi connectivity index (χ1) is 38.0. The average molecular weight is 1060 g/mol. The lowest BCUT2D eigenvalue weighted by Gasteiger charge is -2.18. The van der Waals surface area contributed by atoms with Crippen molar-refractivity contribution in [2.75, 3.05) is 13.2 Å². The van der Waals surface area contributed by atoms with Crippen LogP contribution in [0.4, 0.5) is 0 Å². The Balaban J connectivity index is 4.39. The lowest BCUT2D eigenvalue weighted by atomic mass is 10.0. The Kier molecular flexibility index (Phi) is 59.9. The number of esters is 3. The molecule has 434 valence electrons. The second kappa shape index (κ2) is 63.8. The molecule has 0 amide bonds. The molecule has 6 nitrogen and oxygen atoms in total. The largest absolute Gasteiger partial charge is 0.462 e. The molecule has 1 atom stereocenters. The third-order valence-electron chi connectivity index (χ3n) is 12.8. The fraction of sp³-hybridized carbons (Fsp3) is 0.620. The molecule has 0 heterocycles. The van der Waals surface area contributed by atoms with E-state index in [1.807, 2.05) is 0 Å². The van der Waals surface area contributed by atoms with Crippen LogP contribution in [0.15, 0.2) is 146 Å². The Bertz CT molecular complexity index is 1700. The SMILES string of the molecule is CC/C=C\C/C=C\C/C=C\C/C=C\C/C=C\CCCC(=O)OC(COC(=O)CCCCCCC/C=C\C/C=C\C/C=C\CC)COC(=O)CCCCCCCCCCCCCCCC/C=C\C/C=C\C/C=C\C/C=C\CC. The lowest BCUT2D eigenvalue weighted by molar-refractivity contribution is -0.167. The van der Waals surface area contributed by atoms with Gasteiger partial charge in [-0.25, -0.2) is 0 Å². The molecule has 0 saturated carbocycles. The molecule has 0 bridgehead atoms. The predicted molar refractivity (Wildman–Crippen MR) is 334 cm³/mol. The number of unbranched alkanes of at least 4 members (excludes halogenated alkanes) is 20. The van der Waals surface area contributed by atoms with Crippen molar-refractivity contribution in [3.63, 3.8) is 0 Å². The van der Waals surface area contributed by atoms with Crippen molar-refractivity contribution in [1.82, 2.24) is 0 Å². The second-order valence-electron chi connectivity index (χ2n) is 20.2. The molecule has 0 radical (unpaired) electrons. The summed E-state index contributed by atoms with van der Waals surface area (Å²) in [7, 11) is 0. The molecule has 77 heavy (non-hydrogen) atoms. The summed E-state index contributed by atoms with van der Waals surface area (Å²) in [6, 6.07) is 0. The maximum atomic E-state index is 12.9. The van der Waals surface area contributed by atoms with E-state index in [1.54, 1.807) is 0 Å². The summed E-state index contributed by atoms with van der Waals surface area (Å²) >= 11 is 0. The van der Waals surface area contributed by atoms with Crippen LogP contribution in [-0.4, -0.2) is 37.2 Å². The number of rotatable bonds is 55.